The first-order valence-electron chi connectivity index (χ1n) is 13.2. The van der Waals surface area contributed by atoms with E-state index in [-0.39, 0.29) is 22.1 Å². The fourth-order valence-corrected chi connectivity index (χ4v) is 5.59. The molecule has 1 N–H and O–H groups in total. The lowest BCUT2D eigenvalue weighted by molar-refractivity contribution is -0.119. The van der Waals surface area contributed by atoms with Gasteiger partial charge in [-0.3, -0.25) is 9.10 Å². The van der Waals surface area contributed by atoms with Gasteiger partial charge in [0, 0.05) is 18.7 Å². The van der Waals surface area contributed by atoms with Crippen molar-refractivity contribution < 1.29 is 36.9 Å². The van der Waals surface area contributed by atoms with Crippen molar-refractivity contribution in [2.75, 3.05) is 52.4 Å². The SMILES string of the molecule is CCCOc1ccccc1CCCNC(=O)CN(c1cc(OC)ccc1OC)S(=O)(=O)c1ccc(OC)c(OC)c1. The van der Waals surface area contributed by atoms with Crippen LogP contribution in [0.5, 0.6) is 28.7 Å². The Morgan fingerprint density at radius 1 is 0.829 bits per heavy atom. The summed E-state index contributed by atoms with van der Waals surface area (Å²) in [6.07, 6.45) is 2.24. The summed E-state index contributed by atoms with van der Waals surface area (Å²) in [7, 11) is 1.50. The van der Waals surface area contributed by atoms with E-state index in [1.807, 2.05) is 31.2 Å². The fraction of sp³-hybridized carbons (Fsp3) is 0.367. The molecule has 0 aliphatic carbocycles. The van der Waals surface area contributed by atoms with Gasteiger partial charge in [-0.2, -0.15) is 0 Å². The van der Waals surface area contributed by atoms with Crippen molar-refractivity contribution in [1.82, 2.24) is 5.32 Å². The number of amides is 1. The zero-order valence-electron chi connectivity index (χ0n) is 24.1. The highest BCUT2D eigenvalue weighted by molar-refractivity contribution is 7.92. The molecule has 222 valence electrons. The summed E-state index contributed by atoms with van der Waals surface area (Å²) >= 11 is 0. The molecule has 0 unspecified atom stereocenters. The highest BCUT2D eigenvalue weighted by atomic mass is 32.2. The van der Waals surface area contributed by atoms with Crippen molar-refractivity contribution in [2.24, 2.45) is 0 Å². The summed E-state index contributed by atoms with van der Waals surface area (Å²) in [5.41, 5.74) is 1.20. The van der Waals surface area contributed by atoms with Crippen LogP contribution in [0.15, 0.2) is 65.6 Å². The van der Waals surface area contributed by atoms with Crippen molar-refractivity contribution in [3.63, 3.8) is 0 Å². The summed E-state index contributed by atoms with van der Waals surface area (Å²) in [6.45, 7) is 2.54. The average molecular weight is 587 g/mol. The van der Waals surface area contributed by atoms with Crippen LogP contribution in [0.3, 0.4) is 0 Å². The first-order chi connectivity index (χ1) is 19.8. The third-order valence-electron chi connectivity index (χ3n) is 6.26. The number of rotatable bonds is 16. The number of sulfonamides is 1. The van der Waals surface area contributed by atoms with Crippen molar-refractivity contribution in [3.05, 3.63) is 66.2 Å². The Labute approximate surface area is 242 Å². The lowest BCUT2D eigenvalue weighted by atomic mass is 10.1. The first kappa shape index (κ1) is 31.4. The molecule has 0 aliphatic rings. The van der Waals surface area contributed by atoms with E-state index in [1.54, 1.807) is 12.1 Å². The van der Waals surface area contributed by atoms with Gasteiger partial charge in [-0.05, 0) is 55.2 Å². The first-order valence-corrected chi connectivity index (χ1v) is 14.7. The summed E-state index contributed by atoms with van der Waals surface area (Å²) in [6, 6.07) is 16.8. The molecule has 0 atom stereocenters. The molecular weight excluding hydrogens is 548 g/mol. The second-order valence-corrected chi connectivity index (χ2v) is 10.8. The summed E-state index contributed by atoms with van der Waals surface area (Å²) in [4.78, 5) is 13.1. The molecule has 0 aliphatic heterocycles. The van der Waals surface area contributed by atoms with Crippen molar-refractivity contribution in [3.8, 4) is 28.7 Å². The summed E-state index contributed by atoms with van der Waals surface area (Å²) < 4.78 is 56.1. The second-order valence-electron chi connectivity index (χ2n) is 8.98. The predicted molar refractivity (Wildman–Crippen MR) is 157 cm³/mol. The monoisotopic (exact) mass is 586 g/mol. The van der Waals surface area contributed by atoms with E-state index >= 15 is 0 Å². The number of hydrogen-bond donors (Lipinski definition) is 1. The van der Waals surface area contributed by atoms with Crippen molar-refractivity contribution in [1.29, 1.82) is 0 Å². The largest absolute Gasteiger partial charge is 0.497 e. The van der Waals surface area contributed by atoms with Gasteiger partial charge in [-0.1, -0.05) is 25.1 Å². The molecule has 1 amide bonds. The van der Waals surface area contributed by atoms with Crippen LogP contribution in [-0.2, 0) is 21.2 Å². The minimum Gasteiger partial charge on any atom is -0.497 e. The van der Waals surface area contributed by atoms with E-state index < -0.39 is 22.5 Å². The number of hydrogen-bond acceptors (Lipinski definition) is 8. The molecule has 3 aromatic carbocycles. The van der Waals surface area contributed by atoms with E-state index in [9.17, 15) is 13.2 Å². The van der Waals surface area contributed by atoms with Gasteiger partial charge in [0.2, 0.25) is 5.91 Å². The lowest BCUT2D eigenvalue weighted by Crippen LogP contribution is -2.41. The van der Waals surface area contributed by atoms with Crippen LogP contribution < -0.4 is 33.3 Å². The molecule has 0 fully saturated rings. The fourth-order valence-electron chi connectivity index (χ4n) is 4.15. The van der Waals surface area contributed by atoms with Crippen LogP contribution >= 0.6 is 0 Å². The Kier molecular flexibility index (Phi) is 11.5. The van der Waals surface area contributed by atoms with Gasteiger partial charge in [0.1, 0.15) is 23.8 Å². The maximum Gasteiger partial charge on any atom is 0.265 e. The normalized spacial score (nSPS) is 11.0. The average Bonchev–Trinajstić information content (AvgIpc) is 3.00. The molecule has 0 aromatic heterocycles. The third kappa shape index (κ3) is 7.97. The van der Waals surface area contributed by atoms with Gasteiger partial charge in [-0.25, -0.2) is 8.42 Å². The van der Waals surface area contributed by atoms with E-state index in [1.165, 1.54) is 52.7 Å². The van der Waals surface area contributed by atoms with Gasteiger partial charge in [-0.15, -0.1) is 0 Å². The quantitative estimate of drug-likeness (QED) is 0.245. The van der Waals surface area contributed by atoms with Gasteiger partial charge in [0.25, 0.3) is 10.0 Å². The highest BCUT2D eigenvalue weighted by Crippen LogP contribution is 2.37. The van der Waals surface area contributed by atoms with Crippen LogP contribution in [0.2, 0.25) is 0 Å². The van der Waals surface area contributed by atoms with Crippen molar-refractivity contribution in [2.45, 2.75) is 31.1 Å². The number of methoxy groups -OCH3 is 4. The van der Waals surface area contributed by atoms with Crippen LogP contribution in [0.25, 0.3) is 0 Å². The minimum absolute atomic E-state index is 0.0866. The predicted octanol–water partition coefficient (Wildman–Crippen LogP) is 4.45. The van der Waals surface area contributed by atoms with Crippen LogP contribution in [0.1, 0.15) is 25.3 Å². The van der Waals surface area contributed by atoms with E-state index in [2.05, 4.69) is 5.32 Å². The number of nitrogens with zero attached hydrogens (tertiary/aromatic N) is 1. The number of carbonyl (C=O) groups excluding carboxylic acids is 1. The molecule has 10 nitrogen and oxygen atoms in total. The molecule has 0 saturated heterocycles. The number of benzene rings is 3. The Bertz CT molecular complexity index is 1410. The standard InChI is InChI=1S/C30H38N2O8S/c1-6-18-40-26-12-8-7-10-22(26)11-9-17-31-30(33)21-32(25-19-23(36-2)13-15-27(25)37-3)41(34,35)24-14-16-28(38-4)29(20-24)39-5/h7-8,10,12-16,19-20H,6,9,11,17-18,21H2,1-5H3,(H,31,33). The Balaban J connectivity index is 1.84. The number of aryl methyl sites for hydroxylation is 1. The molecule has 11 heteroatoms. The van der Waals surface area contributed by atoms with Gasteiger partial charge in [0.15, 0.2) is 11.5 Å². The number of para-hydroxylation sites is 1. The molecule has 3 aromatic rings. The number of carbonyl (C=O) groups is 1. The molecule has 0 saturated carbocycles. The Hall–Kier alpha value is -4.12. The third-order valence-corrected chi connectivity index (χ3v) is 8.02. The zero-order valence-corrected chi connectivity index (χ0v) is 25.0. The highest BCUT2D eigenvalue weighted by Gasteiger charge is 2.31. The zero-order chi connectivity index (χ0) is 29.8. The number of anilines is 1. The molecule has 3 rings (SSSR count). The van der Waals surface area contributed by atoms with E-state index in [4.69, 9.17) is 23.7 Å². The van der Waals surface area contributed by atoms with E-state index in [0.29, 0.717) is 37.5 Å². The maximum atomic E-state index is 14.0. The van der Waals surface area contributed by atoms with Crippen LogP contribution in [0, 0.1) is 0 Å². The molecule has 0 radical (unpaired) electrons. The van der Waals surface area contributed by atoms with Gasteiger partial charge < -0.3 is 29.0 Å². The molecule has 0 bridgehead atoms. The van der Waals surface area contributed by atoms with Crippen LogP contribution in [-0.4, -0.2) is 62.5 Å². The molecule has 0 spiro atoms. The smallest absolute Gasteiger partial charge is 0.265 e. The van der Waals surface area contributed by atoms with Crippen molar-refractivity contribution >= 4 is 21.6 Å². The van der Waals surface area contributed by atoms with Gasteiger partial charge >= 0.3 is 0 Å². The van der Waals surface area contributed by atoms with Crippen LogP contribution in [0.4, 0.5) is 5.69 Å². The second kappa shape index (κ2) is 15.0. The number of ether oxygens (including phenoxy) is 5. The minimum atomic E-state index is -4.27. The lowest BCUT2D eigenvalue weighted by Gasteiger charge is -2.26. The summed E-state index contributed by atoms with van der Waals surface area (Å²) in [5.74, 6) is 1.62. The summed E-state index contributed by atoms with van der Waals surface area (Å²) in [5, 5.41) is 2.84. The number of nitrogens with one attached hydrogen (secondary N) is 1. The maximum absolute atomic E-state index is 14.0. The Morgan fingerprint density at radius 3 is 2.22 bits per heavy atom. The Morgan fingerprint density at radius 2 is 1.54 bits per heavy atom. The topological polar surface area (TPSA) is 113 Å². The molecule has 41 heavy (non-hydrogen) atoms. The van der Waals surface area contributed by atoms with E-state index in [0.717, 1.165) is 22.0 Å². The molecular formula is C30H38N2O8S. The molecule has 0 heterocycles. The van der Waals surface area contributed by atoms with Gasteiger partial charge in [0.05, 0.1) is 45.6 Å².